The van der Waals surface area contributed by atoms with Crippen LogP contribution >= 0.6 is 0 Å². The third-order valence-corrected chi connectivity index (χ3v) is 9.72. The molecule has 0 saturated carbocycles. The molecule has 16 nitrogen and oxygen atoms in total. The van der Waals surface area contributed by atoms with Gasteiger partial charge >= 0.3 is 12.0 Å². The maximum absolute atomic E-state index is 13.2. The molecule has 7 amide bonds. The second-order valence-corrected chi connectivity index (χ2v) is 14.5. The van der Waals surface area contributed by atoms with E-state index in [1.807, 2.05) is 24.3 Å². The van der Waals surface area contributed by atoms with Crippen molar-refractivity contribution in [3.05, 3.63) is 65.2 Å². The monoisotopic (exact) mass is 815 g/mol. The van der Waals surface area contributed by atoms with Gasteiger partial charge < -0.3 is 46.2 Å². The number of nitrogens with one attached hydrogen (secondary N) is 3. The van der Waals surface area contributed by atoms with E-state index >= 15 is 0 Å². The number of ether oxygens (including phenoxy) is 1. The Morgan fingerprint density at radius 3 is 2.09 bits per heavy atom. The van der Waals surface area contributed by atoms with Crippen LogP contribution in [-0.2, 0) is 39.9 Å². The Labute approximate surface area is 336 Å². The van der Waals surface area contributed by atoms with Crippen molar-refractivity contribution in [3.63, 3.8) is 0 Å². The number of nitrogens with zero attached hydrogens (tertiary/aromatic N) is 3. The van der Waals surface area contributed by atoms with Gasteiger partial charge in [-0.1, -0.05) is 19.1 Å². The number of urea groups is 1. The Bertz CT molecular complexity index is 1750. The minimum absolute atomic E-state index is 0.0867. The maximum atomic E-state index is 13.2. The summed E-state index contributed by atoms with van der Waals surface area (Å²) in [5.74, 6) is -4.11. The molecular formula is C40H55F2N7O9. The molecule has 5 rings (SSSR count). The average Bonchev–Trinajstić information content (AvgIpc) is 3.84. The summed E-state index contributed by atoms with van der Waals surface area (Å²) in [6, 6.07) is 6.71. The number of cyclic esters (lactones) is 1. The van der Waals surface area contributed by atoms with Gasteiger partial charge in [0, 0.05) is 31.9 Å². The number of aliphatic hydroxyl groups is 1. The molecule has 6 N–H and O–H groups in total. The van der Waals surface area contributed by atoms with Crippen LogP contribution in [0.1, 0.15) is 70.9 Å². The number of fused-ring (bicyclic) bond motifs is 2. The zero-order chi connectivity index (χ0) is 43.3. The summed E-state index contributed by atoms with van der Waals surface area (Å²) in [7, 11) is 1.41. The highest BCUT2D eigenvalue weighted by Gasteiger charge is 2.43. The summed E-state index contributed by atoms with van der Waals surface area (Å²) < 4.78 is 29.9. The van der Waals surface area contributed by atoms with Crippen LogP contribution in [0.2, 0.25) is 0 Å². The summed E-state index contributed by atoms with van der Waals surface area (Å²) in [6.07, 6.45) is 1.05. The van der Waals surface area contributed by atoms with Crippen molar-refractivity contribution < 1.29 is 52.2 Å². The van der Waals surface area contributed by atoms with E-state index in [1.165, 1.54) is 48.4 Å². The SMILES string of the molecule is CC1CC(=O)N2CCCC2C(=O)N(C)C(C(C)O)C(=O)NC(C)C(=O)N2CCCC2C(=O)O1.CCc1ccc(NC(=O)NCC(N)=O)cc1.Cc1cc(F)cc(F)c1. The fourth-order valence-corrected chi connectivity index (χ4v) is 6.84. The number of carbonyl (C=O) groups excluding carboxylic acids is 7. The molecule has 0 aromatic heterocycles. The van der Waals surface area contributed by atoms with Crippen LogP contribution < -0.4 is 21.7 Å². The molecule has 18 heteroatoms. The number of primary amides is 1. The second kappa shape index (κ2) is 21.8. The number of likely N-dealkylation sites (N-methyl/N-ethyl adjacent to an activating group) is 1. The summed E-state index contributed by atoms with van der Waals surface area (Å²) >= 11 is 0. The summed E-state index contributed by atoms with van der Waals surface area (Å²) in [6.45, 7) is 8.78. The van der Waals surface area contributed by atoms with E-state index in [0.717, 1.165) is 17.4 Å². The molecule has 3 fully saturated rings. The quantitative estimate of drug-likeness (QED) is 0.279. The fraction of sp³-hybridized carbons (Fsp3) is 0.525. The van der Waals surface area contributed by atoms with Gasteiger partial charge in [0.05, 0.1) is 19.1 Å². The van der Waals surface area contributed by atoms with Crippen molar-refractivity contribution in [3.8, 4) is 0 Å². The first kappa shape index (κ1) is 46.7. The number of aryl methyl sites for hydroxylation is 2. The number of nitrogens with two attached hydrogens (primary N) is 1. The minimum atomic E-state index is -1.24. The number of amides is 7. The number of rotatable bonds is 5. The third-order valence-electron chi connectivity index (χ3n) is 9.72. The van der Waals surface area contributed by atoms with E-state index in [4.69, 9.17) is 10.5 Å². The van der Waals surface area contributed by atoms with Crippen molar-refractivity contribution >= 4 is 47.2 Å². The molecule has 2 aromatic rings. The number of aliphatic hydroxyl groups excluding tert-OH is 1. The van der Waals surface area contributed by atoms with Gasteiger partial charge in [-0.05, 0) is 95.2 Å². The normalized spacial score (nSPS) is 23.2. The summed E-state index contributed by atoms with van der Waals surface area (Å²) in [4.78, 5) is 90.6. The molecular weight excluding hydrogens is 760 g/mol. The first-order chi connectivity index (χ1) is 27.3. The number of anilines is 1. The van der Waals surface area contributed by atoms with Crippen LogP contribution in [0.3, 0.4) is 0 Å². The lowest BCUT2D eigenvalue weighted by atomic mass is 10.1. The lowest BCUT2D eigenvalue weighted by Crippen LogP contribution is -2.60. The standard InChI is InChI=1S/C22H34N4O7.C11H15N3O2.C7H6F2/c1-12-11-17(28)25-9-5-7-15(25)21(31)24(4)18(14(3)27)19(29)23-13(2)20(30)26-10-6-8-16(26)22(32)33-12;1-2-8-3-5-9(6-4-8)14-11(16)13-7-10(12)15;1-5-2-6(8)4-7(9)3-5/h12-16,18,27H,5-11H2,1-4H3,(H,23,29);3-6H,2,7H2,1H3,(H2,12,15)(H2,13,14,16);2-4H,1H3. The zero-order valence-electron chi connectivity index (χ0n) is 33.8. The van der Waals surface area contributed by atoms with Crippen LogP contribution in [0.4, 0.5) is 19.3 Å². The van der Waals surface area contributed by atoms with Crippen LogP contribution in [0, 0.1) is 18.6 Å². The number of hydrogen-bond donors (Lipinski definition) is 5. The zero-order valence-corrected chi connectivity index (χ0v) is 33.8. The highest BCUT2D eigenvalue weighted by molar-refractivity contribution is 5.96. The van der Waals surface area contributed by atoms with E-state index in [1.54, 1.807) is 13.8 Å². The molecule has 58 heavy (non-hydrogen) atoms. The number of esters is 1. The lowest BCUT2D eigenvalue weighted by Gasteiger charge is -2.35. The van der Waals surface area contributed by atoms with Crippen molar-refractivity contribution in [1.29, 1.82) is 0 Å². The van der Waals surface area contributed by atoms with Crippen LogP contribution in [0.25, 0.3) is 0 Å². The fourth-order valence-electron chi connectivity index (χ4n) is 6.84. The predicted molar refractivity (Wildman–Crippen MR) is 209 cm³/mol. The van der Waals surface area contributed by atoms with Gasteiger partial charge in [-0.15, -0.1) is 0 Å². The largest absolute Gasteiger partial charge is 0.461 e. The molecule has 6 unspecified atom stereocenters. The molecule has 0 radical (unpaired) electrons. The highest BCUT2D eigenvalue weighted by atomic mass is 19.1. The molecule has 3 saturated heterocycles. The Balaban J connectivity index is 0.000000295. The second-order valence-electron chi connectivity index (χ2n) is 14.5. The molecule has 0 spiro atoms. The molecule has 6 atom stereocenters. The van der Waals surface area contributed by atoms with E-state index < -0.39 is 83.6 Å². The molecule has 3 aliphatic rings. The molecule has 0 aliphatic carbocycles. The molecule has 0 bridgehead atoms. The van der Waals surface area contributed by atoms with E-state index in [2.05, 4.69) is 22.9 Å². The Kier molecular flexibility index (Phi) is 17.5. The van der Waals surface area contributed by atoms with Gasteiger partial charge in [-0.2, -0.15) is 0 Å². The average molecular weight is 816 g/mol. The van der Waals surface area contributed by atoms with E-state index in [0.29, 0.717) is 50.0 Å². The maximum Gasteiger partial charge on any atom is 0.329 e. The Morgan fingerprint density at radius 1 is 0.948 bits per heavy atom. The molecule has 3 aliphatic heterocycles. The van der Waals surface area contributed by atoms with Gasteiger partial charge in [-0.3, -0.25) is 24.0 Å². The van der Waals surface area contributed by atoms with Gasteiger partial charge in [0.1, 0.15) is 41.9 Å². The van der Waals surface area contributed by atoms with Gasteiger partial charge in [0.25, 0.3) is 0 Å². The van der Waals surface area contributed by atoms with Gasteiger partial charge in [-0.25, -0.2) is 18.4 Å². The van der Waals surface area contributed by atoms with Crippen LogP contribution in [0.5, 0.6) is 0 Å². The Morgan fingerprint density at radius 2 is 1.53 bits per heavy atom. The van der Waals surface area contributed by atoms with Crippen LogP contribution in [-0.4, -0.2) is 124 Å². The molecule has 2 aromatic carbocycles. The Hall–Kier alpha value is -5.65. The number of halogens is 2. The molecule has 3 heterocycles. The highest BCUT2D eigenvalue weighted by Crippen LogP contribution is 2.24. The molecule has 318 valence electrons. The van der Waals surface area contributed by atoms with Crippen molar-refractivity contribution in [2.45, 2.75) is 110 Å². The van der Waals surface area contributed by atoms with Crippen LogP contribution in [0.15, 0.2) is 42.5 Å². The van der Waals surface area contributed by atoms with Gasteiger partial charge in [0.15, 0.2) is 0 Å². The number of hydrogen-bond acceptors (Lipinski definition) is 9. The summed E-state index contributed by atoms with van der Waals surface area (Å²) in [5.41, 5.74) is 7.37. The topological polar surface area (TPSA) is 221 Å². The van der Waals surface area contributed by atoms with E-state index in [9.17, 15) is 47.4 Å². The first-order valence-electron chi connectivity index (χ1n) is 19.2. The number of benzene rings is 2. The number of carbonyl (C=O) groups is 7. The predicted octanol–water partition coefficient (Wildman–Crippen LogP) is 2.15. The third kappa shape index (κ3) is 13.5. The van der Waals surface area contributed by atoms with Crippen molar-refractivity contribution in [1.82, 2.24) is 25.3 Å². The lowest BCUT2D eigenvalue weighted by molar-refractivity contribution is -0.160. The smallest absolute Gasteiger partial charge is 0.329 e. The first-order valence-corrected chi connectivity index (χ1v) is 19.2. The summed E-state index contributed by atoms with van der Waals surface area (Å²) in [5, 5.41) is 17.8. The van der Waals surface area contributed by atoms with Gasteiger partial charge in [0.2, 0.25) is 29.5 Å². The van der Waals surface area contributed by atoms with E-state index in [-0.39, 0.29) is 18.9 Å². The van der Waals surface area contributed by atoms with Crippen molar-refractivity contribution in [2.24, 2.45) is 5.73 Å². The van der Waals surface area contributed by atoms with Crippen molar-refractivity contribution in [2.75, 3.05) is 32.0 Å². The minimum Gasteiger partial charge on any atom is -0.461 e.